The molecule has 1 aliphatic rings. The van der Waals surface area contributed by atoms with Crippen LogP contribution in [0.15, 0.2) is 30.3 Å². The van der Waals surface area contributed by atoms with E-state index in [1.807, 2.05) is 30.3 Å². The molecule has 1 saturated carbocycles. The van der Waals surface area contributed by atoms with Gasteiger partial charge in [0, 0.05) is 19.0 Å². The molecule has 1 aromatic rings. The maximum atomic E-state index is 11.9. The molecule has 1 fully saturated rings. The van der Waals surface area contributed by atoms with E-state index in [-0.39, 0.29) is 11.9 Å². The normalized spacial score (nSPS) is 24.1. The van der Waals surface area contributed by atoms with Crippen molar-refractivity contribution in [3.63, 3.8) is 0 Å². The Kier molecular flexibility index (Phi) is 4.97. The van der Waals surface area contributed by atoms with Crippen molar-refractivity contribution in [2.75, 3.05) is 6.54 Å². The fourth-order valence-electron chi connectivity index (χ4n) is 2.86. The van der Waals surface area contributed by atoms with Crippen molar-refractivity contribution in [1.82, 2.24) is 5.32 Å². The Hall–Kier alpha value is -1.35. The summed E-state index contributed by atoms with van der Waals surface area (Å²) < 4.78 is 0. The van der Waals surface area contributed by atoms with Crippen LogP contribution in [-0.4, -0.2) is 12.5 Å². The number of benzene rings is 1. The number of amides is 1. The minimum atomic E-state index is -0.205. The van der Waals surface area contributed by atoms with Crippen molar-refractivity contribution in [2.24, 2.45) is 17.6 Å². The Labute approximate surface area is 115 Å². The van der Waals surface area contributed by atoms with E-state index in [0.29, 0.717) is 12.3 Å². The van der Waals surface area contributed by atoms with Crippen LogP contribution < -0.4 is 11.1 Å². The number of hydrogen-bond acceptors (Lipinski definition) is 2. The van der Waals surface area contributed by atoms with Crippen LogP contribution in [-0.2, 0) is 4.79 Å². The highest BCUT2D eigenvalue weighted by atomic mass is 16.1. The van der Waals surface area contributed by atoms with Gasteiger partial charge in [-0.1, -0.05) is 43.7 Å². The van der Waals surface area contributed by atoms with Crippen molar-refractivity contribution >= 4 is 5.91 Å². The van der Waals surface area contributed by atoms with E-state index in [4.69, 9.17) is 5.73 Å². The van der Waals surface area contributed by atoms with Crippen LogP contribution in [0.1, 0.15) is 44.2 Å². The lowest BCUT2D eigenvalue weighted by atomic mass is 10.0. The average molecular weight is 260 g/mol. The molecular formula is C16H24N2O. The zero-order valence-electron chi connectivity index (χ0n) is 11.6. The minimum absolute atomic E-state index is 0.0657. The van der Waals surface area contributed by atoms with Gasteiger partial charge >= 0.3 is 0 Å². The van der Waals surface area contributed by atoms with Gasteiger partial charge in [-0.05, 0) is 30.2 Å². The van der Waals surface area contributed by atoms with Crippen molar-refractivity contribution in [3.05, 3.63) is 35.9 Å². The van der Waals surface area contributed by atoms with E-state index in [0.717, 1.165) is 18.0 Å². The van der Waals surface area contributed by atoms with Gasteiger partial charge in [0.1, 0.15) is 0 Å². The number of nitrogens with one attached hydrogen (secondary N) is 1. The second kappa shape index (κ2) is 6.71. The molecule has 0 bridgehead atoms. The lowest BCUT2D eigenvalue weighted by Crippen LogP contribution is -2.31. The summed E-state index contributed by atoms with van der Waals surface area (Å²) in [6.45, 7) is 3.10. The Morgan fingerprint density at radius 3 is 2.74 bits per heavy atom. The number of nitrogens with two attached hydrogens (primary N) is 1. The van der Waals surface area contributed by atoms with Crippen molar-refractivity contribution < 1.29 is 4.79 Å². The van der Waals surface area contributed by atoms with Gasteiger partial charge < -0.3 is 11.1 Å². The summed E-state index contributed by atoms with van der Waals surface area (Å²) in [7, 11) is 0. The molecule has 0 aliphatic heterocycles. The van der Waals surface area contributed by atoms with E-state index in [1.165, 1.54) is 19.3 Å². The summed E-state index contributed by atoms with van der Waals surface area (Å²) >= 11 is 0. The van der Waals surface area contributed by atoms with Gasteiger partial charge in [-0.25, -0.2) is 0 Å². The number of carbonyl (C=O) groups excluding carboxylic acids is 1. The first-order chi connectivity index (χ1) is 9.15. The molecule has 104 valence electrons. The predicted molar refractivity (Wildman–Crippen MR) is 77.5 cm³/mol. The zero-order valence-corrected chi connectivity index (χ0v) is 11.6. The first-order valence-electron chi connectivity index (χ1n) is 7.22. The molecule has 0 saturated heterocycles. The zero-order chi connectivity index (χ0) is 13.7. The summed E-state index contributed by atoms with van der Waals surface area (Å²) in [6, 6.07) is 9.59. The Balaban J connectivity index is 1.72. The van der Waals surface area contributed by atoms with Gasteiger partial charge in [0.25, 0.3) is 0 Å². The van der Waals surface area contributed by atoms with E-state index < -0.39 is 0 Å². The van der Waals surface area contributed by atoms with Gasteiger partial charge in [0.05, 0.1) is 0 Å². The molecule has 0 radical (unpaired) electrons. The Morgan fingerprint density at radius 2 is 2.11 bits per heavy atom. The van der Waals surface area contributed by atoms with Crippen molar-refractivity contribution in [1.29, 1.82) is 0 Å². The Bertz CT molecular complexity index is 404. The topological polar surface area (TPSA) is 55.1 Å². The predicted octanol–water partition coefficient (Wildman–Crippen LogP) is 2.63. The smallest absolute Gasteiger partial charge is 0.221 e. The quantitative estimate of drug-likeness (QED) is 0.855. The fraction of sp³-hybridized carbons (Fsp3) is 0.562. The number of carbonyl (C=O) groups is 1. The van der Waals surface area contributed by atoms with Crippen molar-refractivity contribution in [2.45, 2.75) is 38.6 Å². The van der Waals surface area contributed by atoms with Crippen LogP contribution in [0.3, 0.4) is 0 Å². The minimum Gasteiger partial charge on any atom is -0.356 e. The Morgan fingerprint density at radius 1 is 1.37 bits per heavy atom. The van der Waals surface area contributed by atoms with Crippen LogP contribution in [0.5, 0.6) is 0 Å². The van der Waals surface area contributed by atoms with Gasteiger partial charge in [0.15, 0.2) is 0 Å². The van der Waals surface area contributed by atoms with E-state index in [9.17, 15) is 4.79 Å². The third-order valence-corrected chi connectivity index (χ3v) is 4.02. The van der Waals surface area contributed by atoms with E-state index >= 15 is 0 Å². The summed E-state index contributed by atoms with van der Waals surface area (Å²) in [5.41, 5.74) is 7.06. The van der Waals surface area contributed by atoms with Crippen LogP contribution in [0.2, 0.25) is 0 Å². The molecule has 3 N–H and O–H groups in total. The highest BCUT2D eigenvalue weighted by molar-refractivity contribution is 5.76. The third-order valence-electron chi connectivity index (χ3n) is 4.02. The van der Waals surface area contributed by atoms with E-state index in [2.05, 4.69) is 12.2 Å². The lowest BCUT2D eigenvalue weighted by Gasteiger charge is -2.14. The molecular weight excluding hydrogens is 236 g/mol. The third kappa shape index (κ3) is 4.35. The molecule has 3 heteroatoms. The highest BCUT2D eigenvalue weighted by Crippen LogP contribution is 2.29. The maximum Gasteiger partial charge on any atom is 0.221 e. The summed E-state index contributed by atoms with van der Waals surface area (Å²) in [4.78, 5) is 11.9. The number of hydrogen-bond donors (Lipinski definition) is 2. The monoisotopic (exact) mass is 260 g/mol. The molecule has 1 aliphatic carbocycles. The molecule has 1 aromatic carbocycles. The second-order valence-corrected chi connectivity index (χ2v) is 5.81. The fourth-order valence-corrected chi connectivity index (χ4v) is 2.86. The average Bonchev–Trinajstić information content (AvgIpc) is 2.83. The summed E-state index contributed by atoms with van der Waals surface area (Å²) in [6.07, 6.45) is 4.15. The SMILES string of the molecule is CC1CCC(CNC(=O)CC(N)c2ccccc2)C1. The summed E-state index contributed by atoms with van der Waals surface area (Å²) in [5.74, 6) is 1.54. The largest absolute Gasteiger partial charge is 0.356 e. The van der Waals surface area contributed by atoms with Gasteiger partial charge in [-0.15, -0.1) is 0 Å². The molecule has 1 amide bonds. The molecule has 2 rings (SSSR count). The van der Waals surface area contributed by atoms with Crippen LogP contribution >= 0.6 is 0 Å². The first kappa shape index (κ1) is 14.1. The van der Waals surface area contributed by atoms with Gasteiger partial charge in [-0.2, -0.15) is 0 Å². The molecule has 19 heavy (non-hydrogen) atoms. The molecule has 0 heterocycles. The van der Waals surface area contributed by atoms with Crippen LogP contribution in [0.4, 0.5) is 0 Å². The van der Waals surface area contributed by atoms with Crippen LogP contribution in [0, 0.1) is 11.8 Å². The second-order valence-electron chi connectivity index (χ2n) is 5.81. The molecule has 3 unspecified atom stereocenters. The van der Waals surface area contributed by atoms with Crippen molar-refractivity contribution in [3.8, 4) is 0 Å². The molecule has 3 atom stereocenters. The molecule has 0 aromatic heterocycles. The maximum absolute atomic E-state index is 11.9. The van der Waals surface area contributed by atoms with Crippen LogP contribution in [0.25, 0.3) is 0 Å². The highest BCUT2D eigenvalue weighted by Gasteiger charge is 2.21. The molecule has 3 nitrogen and oxygen atoms in total. The first-order valence-corrected chi connectivity index (χ1v) is 7.22. The number of rotatable bonds is 5. The van der Waals surface area contributed by atoms with Gasteiger partial charge in [-0.3, -0.25) is 4.79 Å². The molecule has 0 spiro atoms. The van der Waals surface area contributed by atoms with E-state index in [1.54, 1.807) is 0 Å². The van der Waals surface area contributed by atoms with Gasteiger partial charge in [0.2, 0.25) is 5.91 Å². The standard InChI is InChI=1S/C16H24N2O/c1-12-7-8-13(9-12)11-18-16(19)10-15(17)14-5-3-2-4-6-14/h2-6,12-13,15H,7-11,17H2,1H3,(H,18,19). The summed E-state index contributed by atoms with van der Waals surface area (Å²) in [5, 5.41) is 3.03. The lowest BCUT2D eigenvalue weighted by molar-refractivity contribution is -0.121.